The Kier molecular flexibility index (Phi) is 6.55. The topological polar surface area (TPSA) is 97.1 Å². The summed E-state index contributed by atoms with van der Waals surface area (Å²) in [5, 5.41) is 9.60. The van der Waals surface area contributed by atoms with Crippen molar-refractivity contribution in [2.24, 2.45) is 0 Å². The summed E-state index contributed by atoms with van der Waals surface area (Å²) in [5.74, 6) is 0.564. The number of nitrogens with zero attached hydrogens (tertiary/aromatic N) is 1. The molecule has 0 heterocycles. The average Bonchev–Trinajstić information content (AvgIpc) is 2.65. The minimum absolute atomic E-state index is 0.253. The summed E-state index contributed by atoms with van der Waals surface area (Å²) in [5.41, 5.74) is 0.748. The van der Waals surface area contributed by atoms with Crippen LogP contribution in [0.15, 0.2) is 54.6 Å². The van der Waals surface area contributed by atoms with E-state index in [1.807, 2.05) is 0 Å². The van der Waals surface area contributed by atoms with Gasteiger partial charge in [0.2, 0.25) is 0 Å². The van der Waals surface area contributed by atoms with Gasteiger partial charge < -0.3 is 19.0 Å². The molecule has 0 bridgehead atoms. The van der Waals surface area contributed by atoms with Crippen molar-refractivity contribution in [2.45, 2.75) is 0 Å². The largest absolute Gasteiger partial charge is 0.493 e. The van der Waals surface area contributed by atoms with Gasteiger partial charge in [-0.25, -0.2) is 4.79 Å². The van der Waals surface area contributed by atoms with Gasteiger partial charge in [-0.05, 0) is 35.4 Å². The number of benzene rings is 2. The Morgan fingerprint density at radius 2 is 1.77 bits per heavy atom. The number of esters is 1. The fourth-order valence-corrected chi connectivity index (χ4v) is 2.14. The van der Waals surface area contributed by atoms with Gasteiger partial charge >= 0.3 is 5.97 Å². The van der Waals surface area contributed by atoms with Crippen LogP contribution in [-0.4, -0.2) is 31.9 Å². The Hall–Kier alpha value is -3.55. The third kappa shape index (κ3) is 5.23. The standard InChI is InChI=1S/C18H17NO7/c1-23-16-9-8-13(10-17(16)24-2)14(12-25-19(21)22)11-18(20)26-15-6-4-3-5-7-15/h3-11H,12H2,1-2H3/b14-11+. The van der Waals surface area contributed by atoms with Gasteiger partial charge in [-0.2, -0.15) is 0 Å². The molecule has 0 unspecified atom stereocenters. The molecule has 0 spiro atoms. The molecule has 2 aromatic carbocycles. The first-order valence-electron chi connectivity index (χ1n) is 7.50. The average molecular weight is 359 g/mol. The molecule has 2 aromatic rings. The smallest absolute Gasteiger partial charge is 0.336 e. The lowest BCUT2D eigenvalue weighted by Crippen LogP contribution is -2.09. The molecular weight excluding hydrogens is 342 g/mol. The van der Waals surface area contributed by atoms with E-state index in [0.29, 0.717) is 22.8 Å². The summed E-state index contributed by atoms with van der Waals surface area (Å²) in [6, 6.07) is 13.3. The normalized spacial score (nSPS) is 10.8. The van der Waals surface area contributed by atoms with Crippen LogP contribution in [0, 0.1) is 10.1 Å². The number of carbonyl (C=O) groups is 1. The van der Waals surface area contributed by atoms with Crippen LogP contribution in [0.3, 0.4) is 0 Å². The molecule has 8 nitrogen and oxygen atoms in total. The van der Waals surface area contributed by atoms with Crippen LogP contribution in [0.2, 0.25) is 0 Å². The molecule has 0 aliphatic heterocycles. The molecule has 0 aliphatic carbocycles. The van der Waals surface area contributed by atoms with Crippen LogP contribution in [-0.2, 0) is 9.63 Å². The predicted octanol–water partition coefficient (Wildman–Crippen LogP) is 2.90. The molecule has 0 N–H and O–H groups in total. The Balaban J connectivity index is 2.30. The minimum Gasteiger partial charge on any atom is -0.493 e. The van der Waals surface area contributed by atoms with E-state index in [9.17, 15) is 14.9 Å². The van der Waals surface area contributed by atoms with Crippen molar-refractivity contribution >= 4 is 11.5 Å². The van der Waals surface area contributed by atoms with E-state index >= 15 is 0 Å². The van der Waals surface area contributed by atoms with Crippen LogP contribution in [0.25, 0.3) is 5.57 Å². The predicted molar refractivity (Wildman–Crippen MR) is 92.5 cm³/mol. The molecule has 2 rings (SSSR count). The Labute approximate surface area is 149 Å². The van der Waals surface area contributed by atoms with E-state index in [0.717, 1.165) is 6.08 Å². The lowest BCUT2D eigenvalue weighted by Gasteiger charge is -2.12. The van der Waals surface area contributed by atoms with E-state index in [1.165, 1.54) is 14.2 Å². The van der Waals surface area contributed by atoms with Gasteiger partial charge in [0.15, 0.2) is 11.5 Å². The summed E-state index contributed by atoms with van der Waals surface area (Å²) in [4.78, 5) is 27.1. The fourth-order valence-electron chi connectivity index (χ4n) is 2.14. The van der Waals surface area contributed by atoms with Gasteiger partial charge in [-0.3, -0.25) is 0 Å². The molecule has 0 atom stereocenters. The lowest BCUT2D eigenvalue weighted by atomic mass is 10.1. The van der Waals surface area contributed by atoms with Crippen LogP contribution < -0.4 is 14.2 Å². The van der Waals surface area contributed by atoms with Gasteiger partial charge in [0.1, 0.15) is 12.4 Å². The second-order valence-electron chi connectivity index (χ2n) is 4.97. The lowest BCUT2D eigenvalue weighted by molar-refractivity contribution is -0.754. The van der Waals surface area contributed by atoms with Crippen LogP contribution in [0.5, 0.6) is 17.2 Å². The number of para-hydroxylation sites is 1. The highest BCUT2D eigenvalue weighted by atomic mass is 16.9. The Morgan fingerprint density at radius 3 is 2.38 bits per heavy atom. The second kappa shape index (κ2) is 9.07. The molecule has 0 amide bonds. The quantitative estimate of drug-likeness (QED) is 0.235. The zero-order valence-corrected chi connectivity index (χ0v) is 14.2. The molecule has 26 heavy (non-hydrogen) atoms. The molecule has 8 heteroatoms. The van der Waals surface area contributed by atoms with E-state index < -0.39 is 17.7 Å². The fraction of sp³-hybridized carbons (Fsp3) is 0.167. The van der Waals surface area contributed by atoms with Crippen molar-refractivity contribution < 1.29 is 28.9 Å². The van der Waals surface area contributed by atoms with Gasteiger partial charge in [-0.15, -0.1) is 10.1 Å². The van der Waals surface area contributed by atoms with Crippen LogP contribution in [0.4, 0.5) is 0 Å². The number of carbonyl (C=O) groups excluding carboxylic acids is 1. The van der Waals surface area contributed by atoms with E-state index in [1.54, 1.807) is 48.5 Å². The van der Waals surface area contributed by atoms with Gasteiger partial charge in [-0.1, -0.05) is 24.3 Å². The number of methoxy groups -OCH3 is 2. The van der Waals surface area contributed by atoms with E-state index in [-0.39, 0.29) is 5.57 Å². The summed E-state index contributed by atoms with van der Waals surface area (Å²) in [6.07, 6.45) is 1.14. The van der Waals surface area contributed by atoms with Gasteiger partial charge in [0.05, 0.1) is 14.2 Å². The molecular formula is C18H17NO7. The molecule has 0 aromatic heterocycles. The summed E-state index contributed by atoms with van der Waals surface area (Å²) in [6.45, 7) is -0.424. The second-order valence-corrected chi connectivity index (χ2v) is 4.97. The highest BCUT2D eigenvalue weighted by molar-refractivity contribution is 5.93. The summed E-state index contributed by atoms with van der Waals surface area (Å²) >= 11 is 0. The van der Waals surface area contributed by atoms with Crippen molar-refractivity contribution in [3.05, 3.63) is 70.3 Å². The molecule has 0 radical (unpaired) electrons. The van der Waals surface area contributed by atoms with Gasteiger partial charge in [0, 0.05) is 6.08 Å². The highest BCUT2D eigenvalue weighted by Crippen LogP contribution is 2.30. The van der Waals surface area contributed by atoms with Crippen LogP contribution in [0.1, 0.15) is 5.56 Å². The maximum Gasteiger partial charge on any atom is 0.336 e. The number of hydrogen-bond acceptors (Lipinski definition) is 7. The molecule has 0 saturated heterocycles. The van der Waals surface area contributed by atoms with Crippen molar-refractivity contribution in [2.75, 3.05) is 20.8 Å². The number of ether oxygens (including phenoxy) is 3. The Bertz CT molecular complexity index is 802. The first kappa shape index (κ1) is 18.8. The zero-order chi connectivity index (χ0) is 18.9. The molecule has 0 aliphatic rings. The van der Waals surface area contributed by atoms with E-state index in [4.69, 9.17) is 14.2 Å². The number of rotatable bonds is 8. The maximum atomic E-state index is 12.1. The Morgan fingerprint density at radius 1 is 1.08 bits per heavy atom. The molecule has 0 saturated carbocycles. The first-order valence-corrected chi connectivity index (χ1v) is 7.50. The maximum absolute atomic E-state index is 12.1. The third-order valence-electron chi connectivity index (χ3n) is 3.33. The molecule has 136 valence electrons. The van der Waals surface area contributed by atoms with Crippen molar-refractivity contribution in [1.82, 2.24) is 0 Å². The summed E-state index contributed by atoms with van der Waals surface area (Å²) in [7, 11) is 2.95. The van der Waals surface area contributed by atoms with Crippen LogP contribution >= 0.6 is 0 Å². The minimum atomic E-state index is -0.933. The summed E-state index contributed by atoms with van der Waals surface area (Å²) < 4.78 is 15.5. The number of hydrogen-bond donors (Lipinski definition) is 0. The third-order valence-corrected chi connectivity index (χ3v) is 3.33. The molecule has 0 fully saturated rings. The van der Waals surface area contributed by atoms with Crippen molar-refractivity contribution in [3.63, 3.8) is 0 Å². The monoisotopic (exact) mass is 359 g/mol. The van der Waals surface area contributed by atoms with Gasteiger partial charge in [0.25, 0.3) is 5.09 Å². The zero-order valence-electron chi connectivity index (χ0n) is 14.2. The SMILES string of the molecule is COc1ccc(/C(=C/C(=O)Oc2ccccc2)CO[N+](=O)[O-])cc1OC. The highest BCUT2D eigenvalue weighted by Gasteiger charge is 2.12. The van der Waals surface area contributed by atoms with Crippen molar-refractivity contribution in [1.29, 1.82) is 0 Å². The first-order chi connectivity index (χ1) is 12.5. The van der Waals surface area contributed by atoms with Crippen molar-refractivity contribution in [3.8, 4) is 17.2 Å². The van der Waals surface area contributed by atoms with E-state index in [2.05, 4.69) is 4.84 Å².